The first-order valence-corrected chi connectivity index (χ1v) is 10.8. The van der Waals surface area contributed by atoms with Crippen LogP contribution in [0, 0.1) is 12.7 Å². The molecule has 150 valence electrons. The molecule has 0 radical (unpaired) electrons. The lowest BCUT2D eigenvalue weighted by Crippen LogP contribution is -2.23. The molecule has 7 heteroatoms. The fourth-order valence-corrected chi connectivity index (χ4v) is 4.38. The fourth-order valence-electron chi connectivity index (χ4n) is 3.25. The van der Waals surface area contributed by atoms with E-state index in [0.29, 0.717) is 22.6 Å². The van der Waals surface area contributed by atoms with E-state index in [-0.39, 0.29) is 17.3 Å². The van der Waals surface area contributed by atoms with Crippen molar-refractivity contribution in [2.75, 3.05) is 6.61 Å². The molecule has 29 heavy (non-hydrogen) atoms. The number of ether oxygens (including phenoxy) is 1. The molecule has 1 atom stereocenters. The quantitative estimate of drug-likeness (QED) is 0.522. The zero-order valence-corrected chi connectivity index (χ0v) is 17.1. The summed E-state index contributed by atoms with van der Waals surface area (Å²) >= 11 is 6.03. The summed E-state index contributed by atoms with van der Waals surface area (Å²) in [5.41, 5.74) is 3.09. The predicted octanol–water partition coefficient (Wildman–Crippen LogP) is 5.16. The monoisotopic (exact) mass is 432 g/mol. The number of aryl methyl sites for hydroxylation is 1. The Hall–Kier alpha value is -2.41. The topological polar surface area (TPSA) is 52.6 Å². The summed E-state index contributed by atoms with van der Waals surface area (Å²) in [6.07, 6.45) is -0.237. The molecule has 0 bridgehead atoms. The van der Waals surface area contributed by atoms with Crippen LogP contribution in [0.3, 0.4) is 0 Å². The molecule has 3 aromatic carbocycles. The molecule has 0 fully saturated rings. The highest BCUT2D eigenvalue weighted by atomic mass is 35.5. The van der Waals surface area contributed by atoms with Crippen molar-refractivity contribution in [1.29, 1.82) is 0 Å². The molecule has 1 heterocycles. The molecule has 0 saturated carbocycles. The van der Waals surface area contributed by atoms with Gasteiger partial charge in [-0.1, -0.05) is 41.4 Å². The van der Waals surface area contributed by atoms with Gasteiger partial charge >= 0.3 is 0 Å². The van der Waals surface area contributed by atoms with Crippen LogP contribution in [0.4, 0.5) is 4.39 Å². The smallest absolute Gasteiger partial charge is 0.297 e. The normalized spacial score (nSPS) is 15.8. The van der Waals surface area contributed by atoms with E-state index in [9.17, 15) is 12.8 Å². The average molecular weight is 433 g/mol. The first-order valence-electron chi connectivity index (χ1n) is 9.03. The van der Waals surface area contributed by atoms with Crippen LogP contribution in [0.5, 0.6) is 5.75 Å². The lowest BCUT2D eigenvalue weighted by molar-refractivity contribution is 0.148. The number of hydrogen-bond acceptors (Lipinski definition) is 4. The van der Waals surface area contributed by atoms with Crippen molar-refractivity contribution in [3.8, 4) is 16.9 Å². The molecule has 0 N–H and O–H groups in total. The van der Waals surface area contributed by atoms with Crippen LogP contribution < -0.4 is 4.74 Å². The van der Waals surface area contributed by atoms with Gasteiger partial charge in [0.05, 0.1) is 4.90 Å². The fraction of sp³-hybridized carbons (Fsp3) is 0.182. The summed E-state index contributed by atoms with van der Waals surface area (Å²) in [5, 5.41) is 0.562. The van der Waals surface area contributed by atoms with Crippen LogP contribution in [0.2, 0.25) is 5.02 Å². The Labute approximate surface area is 174 Å². The maximum absolute atomic E-state index is 14.6. The highest BCUT2D eigenvalue weighted by Gasteiger charge is 2.29. The van der Waals surface area contributed by atoms with Crippen molar-refractivity contribution in [3.63, 3.8) is 0 Å². The second-order valence-corrected chi connectivity index (χ2v) is 9.00. The first-order chi connectivity index (χ1) is 13.8. The van der Waals surface area contributed by atoms with Gasteiger partial charge in [0, 0.05) is 17.0 Å². The molecule has 3 aromatic rings. The van der Waals surface area contributed by atoms with Crippen molar-refractivity contribution in [1.82, 2.24) is 0 Å². The molecule has 4 nitrogen and oxygen atoms in total. The van der Waals surface area contributed by atoms with Crippen LogP contribution in [-0.2, 0) is 20.7 Å². The average Bonchev–Trinajstić information content (AvgIpc) is 3.11. The van der Waals surface area contributed by atoms with Gasteiger partial charge in [0.2, 0.25) is 0 Å². The molecule has 0 saturated heterocycles. The van der Waals surface area contributed by atoms with Crippen LogP contribution >= 0.6 is 11.6 Å². The highest BCUT2D eigenvalue weighted by molar-refractivity contribution is 7.86. The van der Waals surface area contributed by atoms with Crippen LogP contribution in [0.15, 0.2) is 65.6 Å². The second-order valence-electron chi connectivity index (χ2n) is 6.95. The second kappa shape index (κ2) is 7.78. The lowest BCUT2D eigenvalue weighted by atomic mass is 10.0. The summed E-state index contributed by atoms with van der Waals surface area (Å²) in [6, 6.07) is 16.7. The zero-order chi connectivity index (χ0) is 20.6. The number of benzene rings is 3. The molecular formula is C22H18ClFO4S. The number of halogens is 2. The van der Waals surface area contributed by atoms with Crippen molar-refractivity contribution >= 4 is 21.7 Å². The Bertz CT molecular complexity index is 1160. The Kier molecular flexibility index (Phi) is 5.34. The summed E-state index contributed by atoms with van der Waals surface area (Å²) in [7, 11) is -3.91. The molecule has 0 aromatic heterocycles. The minimum absolute atomic E-state index is 0.0769. The minimum Gasteiger partial charge on any atom is -0.484 e. The standard InChI is InChI=1S/C22H18ClFO4S/c1-14-5-7-20(8-6-14)29(25,26)27-13-19-11-17-9-16(12-21(24)22(17)28-19)15-3-2-4-18(23)10-15/h2-10,12,19H,11,13H2,1H3. The zero-order valence-electron chi connectivity index (χ0n) is 15.6. The van der Waals surface area contributed by atoms with Gasteiger partial charge in [-0.15, -0.1) is 0 Å². The van der Waals surface area contributed by atoms with E-state index in [1.165, 1.54) is 18.2 Å². The van der Waals surface area contributed by atoms with Crippen molar-refractivity contribution in [3.05, 3.63) is 82.6 Å². The van der Waals surface area contributed by atoms with Gasteiger partial charge in [-0.3, -0.25) is 4.18 Å². The summed E-state index contributed by atoms with van der Waals surface area (Å²) in [6.45, 7) is 1.67. The SMILES string of the molecule is Cc1ccc(S(=O)(=O)OCC2Cc3cc(-c4cccc(Cl)c4)cc(F)c3O2)cc1. The third-order valence-electron chi connectivity index (χ3n) is 4.73. The van der Waals surface area contributed by atoms with E-state index in [2.05, 4.69) is 0 Å². The Morgan fingerprint density at radius 1 is 1.10 bits per heavy atom. The molecule has 1 aliphatic heterocycles. The predicted molar refractivity (Wildman–Crippen MR) is 109 cm³/mol. The molecule has 0 aliphatic carbocycles. The summed E-state index contributed by atoms with van der Waals surface area (Å²) in [4.78, 5) is 0.0769. The van der Waals surface area contributed by atoms with Gasteiger partial charge in [0.15, 0.2) is 11.6 Å². The molecule has 4 rings (SSSR count). The van der Waals surface area contributed by atoms with Gasteiger partial charge in [0.1, 0.15) is 12.7 Å². The van der Waals surface area contributed by atoms with E-state index in [0.717, 1.165) is 11.1 Å². The van der Waals surface area contributed by atoms with Gasteiger partial charge in [0.25, 0.3) is 10.1 Å². The van der Waals surface area contributed by atoms with E-state index < -0.39 is 22.0 Å². The maximum atomic E-state index is 14.6. The van der Waals surface area contributed by atoms with Gasteiger partial charge < -0.3 is 4.74 Å². The van der Waals surface area contributed by atoms with E-state index in [1.54, 1.807) is 30.3 Å². The largest absolute Gasteiger partial charge is 0.484 e. The van der Waals surface area contributed by atoms with Crippen molar-refractivity contribution in [2.45, 2.75) is 24.3 Å². The van der Waals surface area contributed by atoms with Crippen molar-refractivity contribution in [2.24, 2.45) is 0 Å². The van der Waals surface area contributed by atoms with E-state index in [4.69, 9.17) is 20.5 Å². The molecule has 1 unspecified atom stereocenters. The van der Waals surface area contributed by atoms with Crippen LogP contribution in [-0.4, -0.2) is 21.1 Å². The lowest BCUT2D eigenvalue weighted by Gasteiger charge is -2.12. The molecule has 0 amide bonds. The van der Waals surface area contributed by atoms with E-state index in [1.807, 2.05) is 19.1 Å². The van der Waals surface area contributed by atoms with Crippen molar-refractivity contribution < 1.29 is 21.7 Å². The summed E-state index contributed by atoms with van der Waals surface area (Å²) < 4.78 is 50.0. The molecule has 0 spiro atoms. The van der Waals surface area contributed by atoms with Crippen LogP contribution in [0.25, 0.3) is 11.1 Å². The number of rotatable bonds is 5. The van der Waals surface area contributed by atoms with Crippen LogP contribution in [0.1, 0.15) is 11.1 Å². The minimum atomic E-state index is -3.91. The van der Waals surface area contributed by atoms with Gasteiger partial charge in [-0.25, -0.2) is 4.39 Å². The highest BCUT2D eigenvalue weighted by Crippen LogP contribution is 2.36. The number of hydrogen-bond donors (Lipinski definition) is 0. The maximum Gasteiger partial charge on any atom is 0.297 e. The number of fused-ring (bicyclic) bond motifs is 1. The molecular weight excluding hydrogens is 415 g/mol. The molecule has 1 aliphatic rings. The third kappa shape index (κ3) is 4.29. The Morgan fingerprint density at radius 2 is 1.86 bits per heavy atom. The Balaban J connectivity index is 1.49. The van der Waals surface area contributed by atoms with Gasteiger partial charge in [-0.05, 0) is 54.4 Å². The third-order valence-corrected chi connectivity index (χ3v) is 6.26. The first kappa shape index (κ1) is 19.9. The van der Waals surface area contributed by atoms with Gasteiger partial charge in [-0.2, -0.15) is 8.42 Å². The summed E-state index contributed by atoms with van der Waals surface area (Å²) in [5.74, 6) is -0.363. The van der Waals surface area contributed by atoms with E-state index >= 15 is 0 Å². The Morgan fingerprint density at radius 3 is 2.59 bits per heavy atom.